The van der Waals surface area contributed by atoms with Gasteiger partial charge in [-0.1, -0.05) is 6.07 Å². The van der Waals surface area contributed by atoms with Crippen LogP contribution in [0.2, 0.25) is 0 Å². The molecule has 3 aromatic heterocycles. The van der Waals surface area contributed by atoms with Gasteiger partial charge in [-0.25, -0.2) is 28.5 Å². The number of carboxylic acids is 1. The van der Waals surface area contributed by atoms with Gasteiger partial charge in [0.15, 0.2) is 5.65 Å². The molecule has 0 bridgehead atoms. The van der Waals surface area contributed by atoms with Gasteiger partial charge in [0, 0.05) is 37.7 Å². The van der Waals surface area contributed by atoms with Gasteiger partial charge in [0.25, 0.3) is 5.92 Å². The Hall–Kier alpha value is -3.41. The molecule has 1 aliphatic carbocycles. The number of fused-ring (bicyclic) bond motifs is 2. The van der Waals surface area contributed by atoms with Gasteiger partial charge in [0.05, 0.1) is 11.6 Å². The third kappa shape index (κ3) is 6.12. The molecule has 3 aromatic rings. The van der Waals surface area contributed by atoms with Gasteiger partial charge in [0.1, 0.15) is 24.0 Å². The molecule has 1 aliphatic heterocycles. The molecule has 4 N–H and O–H groups in total. The first kappa shape index (κ1) is 25.2. The van der Waals surface area contributed by atoms with E-state index < -0.39 is 17.9 Å². The summed E-state index contributed by atoms with van der Waals surface area (Å²) in [5, 5.41) is 23.4. The average Bonchev–Trinajstić information content (AvgIpc) is 3.35. The molecule has 1 saturated carbocycles. The average molecular weight is 515 g/mol. The van der Waals surface area contributed by atoms with Crippen molar-refractivity contribution in [3.63, 3.8) is 0 Å². The number of rotatable bonds is 12. The van der Waals surface area contributed by atoms with E-state index in [1.807, 2.05) is 4.90 Å². The van der Waals surface area contributed by atoms with E-state index in [2.05, 4.69) is 42.9 Å². The summed E-state index contributed by atoms with van der Waals surface area (Å²) in [6.45, 7) is 1.97. The Morgan fingerprint density at radius 1 is 1.24 bits per heavy atom. The molecule has 0 amide bonds. The summed E-state index contributed by atoms with van der Waals surface area (Å²) in [5.41, 5.74) is 2.79. The summed E-state index contributed by atoms with van der Waals surface area (Å²) < 4.78 is 27.3. The van der Waals surface area contributed by atoms with Gasteiger partial charge >= 0.3 is 5.97 Å². The Bertz CT molecular complexity index is 1230. The number of carboxylic acid groups (broad SMARTS) is 1. The number of aryl methyl sites for hydroxylation is 2. The molecule has 0 radical (unpaired) electrons. The minimum Gasteiger partial charge on any atom is -0.480 e. The van der Waals surface area contributed by atoms with Crippen molar-refractivity contribution in [2.24, 2.45) is 0 Å². The predicted molar refractivity (Wildman–Crippen MR) is 135 cm³/mol. The second-order valence-electron chi connectivity index (χ2n) is 9.93. The lowest BCUT2D eigenvalue weighted by Crippen LogP contribution is -2.52. The first-order valence-electron chi connectivity index (χ1n) is 12.9. The van der Waals surface area contributed by atoms with Crippen molar-refractivity contribution in [2.45, 2.75) is 69.4 Å². The van der Waals surface area contributed by atoms with Crippen LogP contribution in [0.15, 0.2) is 24.7 Å². The molecule has 1 fully saturated rings. The van der Waals surface area contributed by atoms with Crippen molar-refractivity contribution in [1.29, 1.82) is 0 Å². The second kappa shape index (κ2) is 10.9. The molecule has 5 rings (SSSR count). The van der Waals surface area contributed by atoms with Crippen molar-refractivity contribution in [3.05, 3.63) is 35.9 Å². The number of nitrogens with zero attached hydrogens (tertiary/aromatic N) is 5. The fraction of sp³-hybridized carbons (Fsp3) is 0.560. The zero-order chi connectivity index (χ0) is 25.8. The number of H-pyrrole nitrogens is 1. The smallest absolute Gasteiger partial charge is 0.326 e. The van der Waals surface area contributed by atoms with Crippen molar-refractivity contribution in [2.75, 3.05) is 30.3 Å². The Balaban J connectivity index is 1.16. The van der Waals surface area contributed by atoms with E-state index in [1.54, 1.807) is 0 Å². The highest BCUT2D eigenvalue weighted by Crippen LogP contribution is 2.40. The number of aromatic nitrogens is 5. The maximum Gasteiger partial charge on any atom is 0.326 e. The van der Waals surface area contributed by atoms with Crippen LogP contribution in [0.1, 0.15) is 49.8 Å². The number of aliphatic carboxylic acids is 1. The standard InChI is InChI=1S/C25H32F2N8O2/c26-25(27)12-18(13-25)35(10-2-1-5-17-7-6-16-4-3-9-28-21(16)32-17)11-8-20(24(36)37)33-22-19-14-31-34-23(19)30-15-29-22/h6-7,14-15,18,20H,1-5,8-13H2,(H,28,32)(H,36,37)(H2,29,30,31,33,34)/t20-/m0/s1. The molecule has 1 atom stereocenters. The van der Waals surface area contributed by atoms with Crippen LogP contribution < -0.4 is 10.6 Å². The van der Waals surface area contributed by atoms with E-state index in [0.29, 0.717) is 29.9 Å². The van der Waals surface area contributed by atoms with E-state index in [-0.39, 0.29) is 25.3 Å². The van der Waals surface area contributed by atoms with Crippen LogP contribution in [0.4, 0.5) is 20.4 Å². The van der Waals surface area contributed by atoms with Crippen LogP contribution in [-0.2, 0) is 17.6 Å². The van der Waals surface area contributed by atoms with Crippen LogP contribution in [0.25, 0.3) is 11.0 Å². The Kier molecular flexibility index (Phi) is 7.45. The maximum atomic E-state index is 13.7. The summed E-state index contributed by atoms with van der Waals surface area (Å²) in [6, 6.07) is 3.04. The zero-order valence-corrected chi connectivity index (χ0v) is 20.6. The highest BCUT2D eigenvalue weighted by molar-refractivity contribution is 5.88. The van der Waals surface area contributed by atoms with Gasteiger partial charge in [0.2, 0.25) is 0 Å². The van der Waals surface area contributed by atoms with Crippen LogP contribution in [0, 0.1) is 0 Å². The molecule has 198 valence electrons. The molecule has 4 heterocycles. The Morgan fingerprint density at radius 3 is 2.92 bits per heavy atom. The first-order valence-corrected chi connectivity index (χ1v) is 12.9. The van der Waals surface area contributed by atoms with Gasteiger partial charge in [-0.2, -0.15) is 5.10 Å². The number of nitrogens with one attached hydrogen (secondary N) is 3. The third-order valence-corrected chi connectivity index (χ3v) is 7.23. The molecule has 2 aliphatic rings. The van der Waals surface area contributed by atoms with Gasteiger partial charge < -0.3 is 15.7 Å². The number of hydrogen-bond acceptors (Lipinski definition) is 8. The molecule has 10 nitrogen and oxygen atoms in total. The Morgan fingerprint density at radius 2 is 2.11 bits per heavy atom. The second-order valence-corrected chi connectivity index (χ2v) is 9.93. The van der Waals surface area contributed by atoms with Crippen molar-refractivity contribution < 1.29 is 18.7 Å². The number of anilines is 2. The lowest BCUT2D eigenvalue weighted by molar-refractivity contribution is -0.139. The predicted octanol–water partition coefficient (Wildman–Crippen LogP) is 3.48. The molecule has 0 spiro atoms. The zero-order valence-electron chi connectivity index (χ0n) is 20.6. The van der Waals surface area contributed by atoms with Crippen LogP contribution in [0.3, 0.4) is 0 Å². The third-order valence-electron chi connectivity index (χ3n) is 7.23. The lowest BCUT2D eigenvalue weighted by Gasteiger charge is -2.43. The van der Waals surface area contributed by atoms with Crippen molar-refractivity contribution in [1.82, 2.24) is 30.0 Å². The minimum atomic E-state index is -2.64. The summed E-state index contributed by atoms with van der Waals surface area (Å²) in [4.78, 5) is 27.0. The van der Waals surface area contributed by atoms with Gasteiger partial charge in [-0.15, -0.1) is 0 Å². The summed E-state index contributed by atoms with van der Waals surface area (Å²) in [7, 11) is 0. The number of aromatic amines is 1. The molecule has 0 saturated heterocycles. The fourth-order valence-corrected chi connectivity index (χ4v) is 5.09. The fourth-order valence-electron chi connectivity index (χ4n) is 5.09. The van der Waals surface area contributed by atoms with Crippen LogP contribution >= 0.6 is 0 Å². The van der Waals surface area contributed by atoms with Gasteiger partial charge in [-0.05, 0) is 56.7 Å². The Labute approximate surface area is 213 Å². The molecular weight excluding hydrogens is 482 g/mol. The quantitative estimate of drug-likeness (QED) is 0.268. The van der Waals surface area contributed by atoms with E-state index in [9.17, 15) is 18.7 Å². The van der Waals surface area contributed by atoms with Gasteiger partial charge in [-0.3, -0.25) is 10.00 Å². The number of carbonyl (C=O) groups is 1. The molecule has 0 aromatic carbocycles. The number of alkyl halides is 2. The van der Waals surface area contributed by atoms with E-state index in [1.165, 1.54) is 18.1 Å². The highest BCUT2D eigenvalue weighted by Gasteiger charge is 2.47. The number of pyridine rings is 1. The van der Waals surface area contributed by atoms with E-state index in [4.69, 9.17) is 4.98 Å². The van der Waals surface area contributed by atoms with Crippen LogP contribution in [-0.4, -0.2) is 78.8 Å². The van der Waals surface area contributed by atoms with Crippen LogP contribution in [0.5, 0.6) is 0 Å². The molecule has 37 heavy (non-hydrogen) atoms. The van der Waals surface area contributed by atoms with E-state index in [0.717, 1.165) is 50.2 Å². The first-order chi connectivity index (χ1) is 17.9. The SMILES string of the molecule is O=C(O)[C@H](CCN(CCCCc1ccc2c(n1)NCCC2)C1CC(F)(F)C1)Nc1ncnc2[nH]ncc12. The maximum absolute atomic E-state index is 13.7. The normalized spacial score (nSPS) is 17.7. The largest absolute Gasteiger partial charge is 0.480 e. The summed E-state index contributed by atoms with van der Waals surface area (Å²) in [5.74, 6) is -2.31. The number of hydrogen-bond donors (Lipinski definition) is 4. The summed E-state index contributed by atoms with van der Waals surface area (Å²) in [6.07, 6.45) is 7.44. The summed E-state index contributed by atoms with van der Waals surface area (Å²) >= 11 is 0. The molecule has 12 heteroatoms. The van der Waals surface area contributed by atoms with E-state index >= 15 is 0 Å². The lowest BCUT2D eigenvalue weighted by atomic mass is 9.86. The molecule has 0 unspecified atom stereocenters. The van der Waals surface area contributed by atoms with Crippen molar-refractivity contribution >= 4 is 28.6 Å². The number of halogens is 2. The highest BCUT2D eigenvalue weighted by atomic mass is 19.3. The van der Waals surface area contributed by atoms with Crippen molar-refractivity contribution in [3.8, 4) is 0 Å². The minimum absolute atomic E-state index is 0.183. The topological polar surface area (TPSA) is 132 Å². The number of unbranched alkanes of at least 4 members (excludes halogenated alkanes) is 1. The monoisotopic (exact) mass is 514 g/mol. The molecular formula is C25H32F2N8O2.